The summed E-state index contributed by atoms with van der Waals surface area (Å²) in [7, 11) is 0. The fourth-order valence-corrected chi connectivity index (χ4v) is 5.33. The third kappa shape index (κ3) is 2.13. The molecule has 2 saturated heterocycles. The van der Waals surface area contributed by atoms with E-state index in [1.165, 1.54) is 4.90 Å². The van der Waals surface area contributed by atoms with Crippen LogP contribution in [0.25, 0.3) is 0 Å². The highest BCUT2D eigenvalue weighted by molar-refractivity contribution is 6.14. The highest BCUT2D eigenvalue weighted by Gasteiger charge is 2.75. The van der Waals surface area contributed by atoms with E-state index in [0.29, 0.717) is 0 Å². The number of amides is 3. The predicted octanol–water partition coefficient (Wildman–Crippen LogP) is 1.14. The van der Waals surface area contributed by atoms with Gasteiger partial charge in [-0.05, 0) is 33.3 Å². The number of anilines is 1. The van der Waals surface area contributed by atoms with Crippen LogP contribution in [-0.2, 0) is 19.9 Å². The van der Waals surface area contributed by atoms with Crippen molar-refractivity contribution < 1.29 is 19.7 Å². The van der Waals surface area contributed by atoms with Crippen LogP contribution in [-0.4, -0.2) is 34.2 Å². The summed E-state index contributed by atoms with van der Waals surface area (Å²) in [6.45, 7) is 11.7. The SMILES string of the molecule is Cc1cccc2c1NC(=O)[C@@]21[NH2+][C@H](C(C)C)[C@H]2C(=O)N(C(C)(C)C)C(=O)[C@H]21. The maximum absolute atomic E-state index is 13.5. The quantitative estimate of drug-likeness (QED) is 0.728. The second kappa shape index (κ2) is 5.41. The molecular formula is C21H28N3O3+. The Kier molecular flexibility index (Phi) is 3.64. The van der Waals surface area contributed by atoms with Gasteiger partial charge >= 0.3 is 0 Å². The van der Waals surface area contributed by atoms with Gasteiger partial charge in [0.1, 0.15) is 17.9 Å². The lowest BCUT2D eigenvalue weighted by Gasteiger charge is -2.33. The van der Waals surface area contributed by atoms with Gasteiger partial charge < -0.3 is 10.6 Å². The second-order valence-electron chi connectivity index (χ2n) is 9.49. The average Bonchev–Trinajstić information content (AvgIpc) is 3.13. The molecule has 6 heteroatoms. The first kappa shape index (κ1) is 18.2. The number of likely N-dealkylation sites (tertiary alicyclic amines) is 1. The van der Waals surface area contributed by atoms with Gasteiger partial charge in [-0.2, -0.15) is 0 Å². The molecule has 3 N–H and O–H groups in total. The minimum atomic E-state index is -1.06. The van der Waals surface area contributed by atoms with E-state index in [1.807, 2.05) is 51.2 Å². The number of quaternary nitrogens is 1. The highest BCUT2D eigenvalue weighted by Crippen LogP contribution is 2.51. The van der Waals surface area contributed by atoms with Gasteiger partial charge in [-0.25, -0.2) is 0 Å². The van der Waals surface area contributed by atoms with Gasteiger partial charge in [0.2, 0.25) is 17.4 Å². The summed E-state index contributed by atoms with van der Waals surface area (Å²) in [6.07, 6.45) is 0. The third-order valence-electron chi connectivity index (χ3n) is 6.49. The number of rotatable bonds is 1. The van der Waals surface area contributed by atoms with E-state index in [4.69, 9.17) is 0 Å². The van der Waals surface area contributed by atoms with Crippen LogP contribution in [0.3, 0.4) is 0 Å². The summed E-state index contributed by atoms with van der Waals surface area (Å²) in [5.41, 5.74) is 0.929. The topological polar surface area (TPSA) is 83.1 Å². The number of nitrogens with one attached hydrogen (secondary N) is 1. The molecule has 144 valence electrons. The highest BCUT2D eigenvalue weighted by atomic mass is 16.2. The van der Waals surface area contributed by atoms with Gasteiger partial charge in [-0.15, -0.1) is 0 Å². The summed E-state index contributed by atoms with van der Waals surface area (Å²) in [4.78, 5) is 41.6. The maximum atomic E-state index is 13.5. The number of hydrogen-bond acceptors (Lipinski definition) is 3. The number of fused-ring (bicyclic) bond motifs is 4. The maximum Gasteiger partial charge on any atom is 0.291 e. The second-order valence-corrected chi connectivity index (χ2v) is 9.49. The van der Waals surface area contributed by atoms with Crippen LogP contribution in [0.4, 0.5) is 5.69 Å². The number of para-hydroxylation sites is 1. The number of nitrogens with two attached hydrogens (primary N) is 1. The van der Waals surface area contributed by atoms with Crippen molar-refractivity contribution in [3.05, 3.63) is 29.3 Å². The summed E-state index contributed by atoms with van der Waals surface area (Å²) in [6, 6.07) is 5.68. The molecule has 0 aromatic heterocycles. The van der Waals surface area contributed by atoms with Crippen molar-refractivity contribution in [2.24, 2.45) is 17.8 Å². The van der Waals surface area contributed by atoms with E-state index in [0.717, 1.165) is 16.8 Å². The van der Waals surface area contributed by atoms with Crippen molar-refractivity contribution in [2.75, 3.05) is 5.32 Å². The number of nitrogens with zero attached hydrogens (tertiary/aromatic N) is 1. The predicted molar refractivity (Wildman–Crippen MR) is 101 cm³/mol. The zero-order valence-electron chi connectivity index (χ0n) is 16.8. The Bertz CT molecular complexity index is 870. The molecule has 0 unspecified atom stereocenters. The molecule has 1 aromatic rings. The fourth-order valence-electron chi connectivity index (χ4n) is 5.33. The Morgan fingerprint density at radius 2 is 1.81 bits per heavy atom. The molecular weight excluding hydrogens is 342 g/mol. The number of aryl methyl sites for hydroxylation is 1. The molecule has 1 aromatic carbocycles. The Morgan fingerprint density at radius 1 is 1.15 bits per heavy atom. The molecule has 2 fully saturated rings. The monoisotopic (exact) mass is 370 g/mol. The molecule has 6 nitrogen and oxygen atoms in total. The minimum absolute atomic E-state index is 0.115. The van der Waals surface area contributed by atoms with Gasteiger partial charge in [-0.3, -0.25) is 19.3 Å². The molecule has 0 bridgehead atoms. The molecule has 4 rings (SSSR count). The van der Waals surface area contributed by atoms with E-state index < -0.39 is 22.9 Å². The van der Waals surface area contributed by atoms with E-state index in [-0.39, 0.29) is 29.7 Å². The lowest BCUT2D eigenvalue weighted by molar-refractivity contribution is -0.738. The number of hydrogen-bond donors (Lipinski definition) is 2. The first-order chi connectivity index (χ1) is 12.5. The van der Waals surface area contributed by atoms with Crippen LogP contribution < -0.4 is 10.6 Å². The molecule has 0 saturated carbocycles. The Morgan fingerprint density at radius 3 is 2.41 bits per heavy atom. The van der Waals surface area contributed by atoms with Crippen molar-refractivity contribution in [3.63, 3.8) is 0 Å². The van der Waals surface area contributed by atoms with Crippen LogP contribution in [0.2, 0.25) is 0 Å². The third-order valence-corrected chi connectivity index (χ3v) is 6.49. The zero-order valence-corrected chi connectivity index (χ0v) is 16.8. The van der Waals surface area contributed by atoms with Crippen LogP contribution in [0.15, 0.2) is 18.2 Å². The molecule has 0 aliphatic carbocycles. The minimum Gasteiger partial charge on any atom is -0.326 e. The number of imide groups is 1. The van der Waals surface area contributed by atoms with Crippen LogP contribution >= 0.6 is 0 Å². The van der Waals surface area contributed by atoms with E-state index >= 15 is 0 Å². The fraction of sp³-hybridized carbons (Fsp3) is 0.571. The standard InChI is InChI=1S/C21H27N3O3/c1-10(2)15-13-14(18(26)24(17(13)25)20(4,5)6)21(23-15)12-9-7-8-11(3)16(12)22-19(21)27/h7-10,13-15,23H,1-6H3,(H,22,27)/p+1/t13-,14-,15+,21+/m0/s1. The van der Waals surface area contributed by atoms with Gasteiger partial charge in [0.25, 0.3) is 5.91 Å². The van der Waals surface area contributed by atoms with E-state index in [9.17, 15) is 14.4 Å². The molecule has 0 radical (unpaired) electrons. The Hall–Kier alpha value is -2.21. The van der Waals surface area contributed by atoms with Gasteiger partial charge in [0.15, 0.2) is 0 Å². The van der Waals surface area contributed by atoms with Gasteiger partial charge in [0, 0.05) is 17.0 Å². The van der Waals surface area contributed by atoms with Crippen molar-refractivity contribution in [3.8, 4) is 0 Å². The lowest BCUT2D eigenvalue weighted by Crippen LogP contribution is -2.99. The molecule has 3 amide bonds. The van der Waals surface area contributed by atoms with Crippen molar-refractivity contribution >= 4 is 23.4 Å². The average molecular weight is 370 g/mol. The van der Waals surface area contributed by atoms with Crippen molar-refractivity contribution in [2.45, 2.75) is 58.7 Å². The summed E-state index contributed by atoms with van der Waals surface area (Å²) in [5, 5.41) is 5.01. The summed E-state index contributed by atoms with van der Waals surface area (Å²) in [5.74, 6) is -1.52. The summed E-state index contributed by atoms with van der Waals surface area (Å²) >= 11 is 0. The Labute approximate surface area is 159 Å². The largest absolute Gasteiger partial charge is 0.326 e. The smallest absolute Gasteiger partial charge is 0.291 e. The van der Waals surface area contributed by atoms with Gasteiger partial charge in [0.05, 0.1) is 5.69 Å². The summed E-state index contributed by atoms with van der Waals surface area (Å²) < 4.78 is 0. The van der Waals surface area contributed by atoms with Gasteiger partial charge in [-0.1, -0.05) is 32.0 Å². The van der Waals surface area contributed by atoms with Crippen molar-refractivity contribution in [1.29, 1.82) is 0 Å². The van der Waals surface area contributed by atoms with E-state index in [2.05, 4.69) is 19.2 Å². The van der Waals surface area contributed by atoms with Crippen LogP contribution in [0.1, 0.15) is 45.7 Å². The zero-order chi connectivity index (χ0) is 19.9. The van der Waals surface area contributed by atoms with Crippen LogP contribution in [0.5, 0.6) is 0 Å². The first-order valence-corrected chi connectivity index (χ1v) is 9.67. The normalized spacial score (nSPS) is 32.5. The molecule has 4 atom stereocenters. The Balaban J connectivity index is 1.95. The number of carbonyl (C=O) groups excluding carboxylic acids is 3. The molecule has 3 heterocycles. The first-order valence-electron chi connectivity index (χ1n) is 9.67. The number of carbonyl (C=O) groups is 3. The molecule has 3 aliphatic heterocycles. The molecule has 3 aliphatic rings. The molecule has 27 heavy (non-hydrogen) atoms. The lowest BCUT2D eigenvalue weighted by atomic mass is 9.75. The van der Waals surface area contributed by atoms with Crippen LogP contribution in [0, 0.1) is 24.7 Å². The van der Waals surface area contributed by atoms with E-state index in [1.54, 1.807) is 0 Å². The molecule has 1 spiro atoms. The van der Waals surface area contributed by atoms with Crippen molar-refractivity contribution in [1.82, 2.24) is 4.90 Å². The number of benzene rings is 1.